The fourth-order valence-electron chi connectivity index (χ4n) is 1.52. The van der Waals surface area contributed by atoms with Crippen LogP contribution in [0.1, 0.15) is 33.6 Å². The molecule has 5 nitrogen and oxygen atoms in total. The molecule has 2 atom stereocenters. The topological polar surface area (TPSA) is 78.6 Å². The van der Waals surface area contributed by atoms with Crippen molar-refractivity contribution in [1.29, 1.82) is 0 Å². The van der Waals surface area contributed by atoms with E-state index in [1.165, 1.54) is 0 Å². The summed E-state index contributed by atoms with van der Waals surface area (Å²) < 4.78 is 10.6. The Labute approximate surface area is 135 Å². The number of hydrogen-bond acceptors (Lipinski definition) is 5. The lowest BCUT2D eigenvalue weighted by Crippen LogP contribution is -2.30. The first-order valence-corrected chi connectivity index (χ1v) is 8.38. The van der Waals surface area contributed by atoms with Crippen LogP contribution in [0.4, 0.5) is 0 Å². The molecule has 0 spiro atoms. The number of carbonyl (C=O) groups excluding carboxylic acids is 2. The second kappa shape index (κ2) is 9.35. The molecule has 0 saturated heterocycles. The molecule has 1 aromatic carbocycles. The molecule has 122 valence electrons. The van der Waals surface area contributed by atoms with Crippen LogP contribution in [0.2, 0.25) is 0 Å². The monoisotopic (exact) mass is 325 g/mol. The van der Waals surface area contributed by atoms with Crippen molar-refractivity contribution in [2.75, 3.05) is 5.75 Å². The minimum atomic E-state index is -0.705. The SMILES string of the molecule is CCCCS[C@H](C)C(=O)Oc1ccc(O[C@@H](C)C(N)=O)cc1. The van der Waals surface area contributed by atoms with Crippen molar-refractivity contribution >= 4 is 23.6 Å². The average Bonchev–Trinajstić information content (AvgIpc) is 2.49. The molecule has 0 bridgehead atoms. The van der Waals surface area contributed by atoms with Crippen LogP contribution >= 0.6 is 11.8 Å². The highest BCUT2D eigenvalue weighted by molar-refractivity contribution is 8.00. The smallest absolute Gasteiger partial charge is 0.324 e. The van der Waals surface area contributed by atoms with E-state index in [0.29, 0.717) is 11.5 Å². The molecule has 0 fully saturated rings. The van der Waals surface area contributed by atoms with E-state index in [9.17, 15) is 9.59 Å². The summed E-state index contributed by atoms with van der Waals surface area (Å²) in [5, 5.41) is -0.197. The van der Waals surface area contributed by atoms with E-state index >= 15 is 0 Å². The molecule has 1 rings (SSSR count). The van der Waals surface area contributed by atoms with E-state index < -0.39 is 12.0 Å². The quantitative estimate of drug-likeness (QED) is 0.429. The molecule has 6 heteroatoms. The predicted molar refractivity (Wildman–Crippen MR) is 88.2 cm³/mol. The van der Waals surface area contributed by atoms with Gasteiger partial charge in [-0.25, -0.2) is 0 Å². The molecule has 0 saturated carbocycles. The summed E-state index contributed by atoms with van der Waals surface area (Å²) in [6.07, 6.45) is 1.50. The number of esters is 1. The highest BCUT2D eigenvalue weighted by Gasteiger charge is 2.16. The zero-order valence-corrected chi connectivity index (χ0v) is 14.0. The standard InChI is InChI=1S/C16H23NO4S/c1-4-5-10-22-12(3)16(19)21-14-8-6-13(7-9-14)20-11(2)15(17)18/h6-9,11-12H,4-5,10H2,1-3H3,(H2,17,18)/t11-,12+/m0/s1. The van der Waals surface area contributed by atoms with Crippen molar-refractivity contribution in [3.8, 4) is 11.5 Å². The van der Waals surface area contributed by atoms with Crippen molar-refractivity contribution in [3.63, 3.8) is 0 Å². The van der Waals surface area contributed by atoms with Crippen molar-refractivity contribution in [1.82, 2.24) is 0 Å². The summed E-state index contributed by atoms with van der Waals surface area (Å²) in [4.78, 5) is 22.8. The Morgan fingerprint density at radius 1 is 1.18 bits per heavy atom. The van der Waals surface area contributed by atoms with Gasteiger partial charge in [-0.05, 0) is 50.3 Å². The fourth-order valence-corrected chi connectivity index (χ4v) is 2.51. The molecule has 0 unspecified atom stereocenters. The Hall–Kier alpha value is -1.69. The molecule has 0 radical (unpaired) electrons. The van der Waals surface area contributed by atoms with Crippen LogP contribution in [0.5, 0.6) is 11.5 Å². The largest absolute Gasteiger partial charge is 0.481 e. The molecular weight excluding hydrogens is 302 g/mol. The van der Waals surface area contributed by atoms with Crippen LogP contribution in [0, 0.1) is 0 Å². The first-order valence-electron chi connectivity index (χ1n) is 7.33. The summed E-state index contributed by atoms with van der Waals surface area (Å²) in [7, 11) is 0. The third kappa shape index (κ3) is 6.39. The number of carbonyl (C=O) groups is 2. The van der Waals surface area contributed by atoms with Gasteiger partial charge in [0.25, 0.3) is 5.91 Å². The van der Waals surface area contributed by atoms with Crippen LogP contribution in [-0.4, -0.2) is 29.0 Å². The molecule has 22 heavy (non-hydrogen) atoms. The van der Waals surface area contributed by atoms with Gasteiger partial charge in [-0.1, -0.05) is 13.3 Å². The molecule has 1 aromatic rings. The highest BCUT2D eigenvalue weighted by atomic mass is 32.2. The van der Waals surface area contributed by atoms with Crippen LogP contribution < -0.4 is 15.2 Å². The van der Waals surface area contributed by atoms with Gasteiger partial charge >= 0.3 is 5.97 Å². The maximum absolute atomic E-state index is 11.9. The Kier molecular flexibility index (Phi) is 7.80. The first-order chi connectivity index (χ1) is 10.4. The predicted octanol–water partition coefficient (Wildman–Crippen LogP) is 2.77. The van der Waals surface area contributed by atoms with Crippen LogP contribution in [0.3, 0.4) is 0 Å². The fraction of sp³-hybridized carbons (Fsp3) is 0.500. The summed E-state index contributed by atoms with van der Waals surface area (Å²) in [6, 6.07) is 6.53. The second-order valence-corrected chi connectivity index (χ2v) is 6.37. The van der Waals surface area contributed by atoms with Crippen molar-refractivity contribution in [2.45, 2.75) is 45.0 Å². The maximum Gasteiger partial charge on any atom is 0.324 e. The van der Waals surface area contributed by atoms with Gasteiger partial charge in [0.2, 0.25) is 0 Å². The summed E-state index contributed by atoms with van der Waals surface area (Å²) in [5.74, 6) is 1.10. The third-order valence-electron chi connectivity index (χ3n) is 2.95. The lowest BCUT2D eigenvalue weighted by atomic mass is 10.3. The summed E-state index contributed by atoms with van der Waals surface area (Å²) >= 11 is 1.59. The third-order valence-corrected chi connectivity index (χ3v) is 4.17. The van der Waals surface area contributed by atoms with Crippen molar-refractivity contribution in [2.24, 2.45) is 5.73 Å². The number of nitrogens with two attached hydrogens (primary N) is 1. The molecule has 0 aromatic heterocycles. The zero-order valence-electron chi connectivity index (χ0n) is 13.2. The summed E-state index contributed by atoms with van der Waals surface area (Å²) in [5.41, 5.74) is 5.13. The number of hydrogen-bond donors (Lipinski definition) is 1. The zero-order chi connectivity index (χ0) is 16.5. The van der Waals surface area contributed by atoms with Crippen LogP contribution in [-0.2, 0) is 9.59 Å². The van der Waals surface area contributed by atoms with E-state index in [0.717, 1.165) is 18.6 Å². The van der Waals surface area contributed by atoms with E-state index in [1.54, 1.807) is 43.0 Å². The van der Waals surface area contributed by atoms with Crippen molar-refractivity contribution in [3.05, 3.63) is 24.3 Å². The van der Waals surface area contributed by atoms with E-state index in [1.807, 2.05) is 6.92 Å². The van der Waals surface area contributed by atoms with Crippen molar-refractivity contribution < 1.29 is 19.1 Å². The van der Waals surface area contributed by atoms with Crippen LogP contribution in [0.15, 0.2) is 24.3 Å². The Morgan fingerprint density at radius 2 is 1.77 bits per heavy atom. The highest BCUT2D eigenvalue weighted by Crippen LogP contribution is 2.21. The molecule has 1 amide bonds. The van der Waals surface area contributed by atoms with Crippen LogP contribution in [0.25, 0.3) is 0 Å². The number of unbranched alkanes of at least 4 members (excludes halogenated alkanes) is 1. The van der Waals surface area contributed by atoms with E-state index in [-0.39, 0.29) is 11.2 Å². The minimum Gasteiger partial charge on any atom is -0.481 e. The van der Waals surface area contributed by atoms with Gasteiger partial charge in [-0.3, -0.25) is 9.59 Å². The van der Waals surface area contributed by atoms with Gasteiger partial charge in [-0.15, -0.1) is 11.8 Å². The number of primary amides is 1. The summed E-state index contributed by atoms with van der Waals surface area (Å²) in [6.45, 7) is 5.53. The van der Waals surface area contributed by atoms with Gasteiger partial charge in [-0.2, -0.15) is 0 Å². The molecule has 2 N–H and O–H groups in total. The molecule has 0 heterocycles. The second-order valence-electron chi connectivity index (χ2n) is 4.92. The lowest BCUT2D eigenvalue weighted by Gasteiger charge is -2.13. The Morgan fingerprint density at radius 3 is 2.32 bits per heavy atom. The molecular formula is C16H23NO4S. The van der Waals surface area contributed by atoms with Gasteiger partial charge in [0.05, 0.1) is 0 Å². The number of ether oxygens (including phenoxy) is 2. The van der Waals surface area contributed by atoms with Gasteiger partial charge in [0.15, 0.2) is 6.10 Å². The van der Waals surface area contributed by atoms with Gasteiger partial charge in [0.1, 0.15) is 16.7 Å². The van der Waals surface area contributed by atoms with E-state index in [4.69, 9.17) is 15.2 Å². The Balaban J connectivity index is 2.49. The molecule has 0 aliphatic heterocycles. The number of benzene rings is 1. The number of amides is 1. The van der Waals surface area contributed by atoms with E-state index in [2.05, 4.69) is 6.92 Å². The normalized spacial score (nSPS) is 13.2. The van der Waals surface area contributed by atoms with Gasteiger partial charge in [0, 0.05) is 0 Å². The lowest BCUT2D eigenvalue weighted by molar-refractivity contribution is -0.133. The Bertz CT molecular complexity index is 489. The minimum absolute atomic E-state index is 0.197. The first kappa shape index (κ1) is 18.4. The number of rotatable bonds is 9. The number of thioether (sulfide) groups is 1. The average molecular weight is 325 g/mol. The molecule has 0 aliphatic carbocycles. The maximum atomic E-state index is 11.9. The van der Waals surface area contributed by atoms with Gasteiger partial charge < -0.3 is 15.2 Å². The molecule has 0 aliphatic rings.